The summed E-state index contributed by atoms with van der Waals surface area (Å²) in [6.07, 6.45) is 0. The number of aryl methyl sites for hydroxylation is 1. The van der Waals surface area contributed by atoms with Crippen LogP contribution in [0.4, 0.5) is 10.5 Å². The molecule has 1 aromatic heterocycles. The number of aromatic nitrogens is 3. The number of benzene rings is 3. The molecule has 2 amide bonds. The van der Waals surface area contributed by atoms with Gasteiger partial charge in [-0.3, -0.25) is 9.35 Å². The first kappa shape index (κ1) is 26.2. The molecule has 13 nitrogen and oxygen atoms in total. The Bertz CT molecular complexity index is 1620. The predicted molar refractivity (Wildman–Crippen MR) is 132 cm³/mol. The molecule has 4 rings (SSSR count). The van der Waals surface area contributed by atoms with E-state index in [-0.39, 0.29) is 17.2 Å². The Morgan fingerprint density at radius 3 is 2.43 bits per heavy atom. The van der Waals surface area contributed by atoms with Crippen molar-refractivity contribution in [2.24, 2.45) is 0 Å². The van der Waals surface area contributed by atoms with Gasteiger partial charge < -0.3 is 10.6 Å². The molecule has 0 atom stereocenters. The van der Waals surface area contributed by atoms with Gasteiger partial charge in [0.05, 0.1) is 12.0 Å². The molecule has 4 N–H and O–H groups in total. The van der Waals surface area contributed by atoms with Crippen molar-refractivity contribution in [3.8, 4) is 11.1 Å². The summed E-state index contributed by atoms with van der Waals surface area (Å²) in [7, 11) is -3.26. The highest BCUT2D eigenvalue weighted by atomic mass is 32.2. The molecule has 0 aliphatic carbocycles. The van der Waals surface area contributed by atoms with Gasteiger partial charge in [0.25, 0.3) is 16.0 Å². The predicted octanol–water partition coefficient (Wildman–Crippen LogP) is 3.52. The van der Waals surface area contributed by atoms with E-state index in [1.807, 2.05) is 0 Å². The molecule has 0 radical (unpaired) electrons. The fraction of sp³-hybridized carbons (Fsp3) is 0.0909. The largest absolute Gasteiger partial charge is 0.363 e. The number of carbonyl (C=O) groups is 2. The zero-order chi connectivity index (χ0) is 26.7. The van der Waals surface area contributed by atoms with E-state index in [4.69, 9.17) is 5.26 Å². The zero-order valence-corrected chi connectivity index (χ0v) is 20.8. The van der Waals surface area contributed by atoms with Crippen LogP contribution in [0, 0.1) is 6.92 Å². The number of anilines is 1. The quantitative estimate of drug-likeness (QED) is 0.115. The highest BCUT2D eigenvalue weighted by molar-refractivity contribution is 7.94. The smallest absolute Gasteiger partial charge is 0.355 e. The molecule has 0 fully saturated rings. The van der Waals surface area contributed by atoms with E-state index in [2.05, 4.69) is 30.2 Å². The van der Waals surface area contributed by atoms with Gasteiger partial charge in [0, 0.05) is 28.8 Å². The third kappa shape index (κ3) is 5.77. The number of fused-ring (bicyclic) bond motifs is 1. The molecule has 0 saturated heterocycles. The Labute approximate surface area is 214 Å². The summed E-state index contributed by atoms with van der Waals surface area (Å²) in [6.45, 7) is 1.79. The Morgan fingerprint density at radius 2 is 1.73 bits per heavy atom. The van der Waals surface area contributed by atoms with E-state index >= 15 is 0 Å². The van der Waals surface area contributed by atoms with Gasteiger partial charge in [-0.15, -0.1) is 14.5 Å². The number of hydrogen-bond donors (Lipinski definition) is 4. The van der Waals surface area contributed by atoms with Crippen molar-refractivity contribution < 1.29 is 37.2 Å². The summed E-state index contributed by atoms with van der Waals surface area (Å²) in [5.41, 5.74) is 2.29. The summed E-state index contributed by atoms with van der Waals surface area (Å²) in [5.74, 6) is -0.329. The van der Waals surface area contributed by atoms with E-state index < -0.39 is 21.0 Å². The Balaban J connectivity index is 1.68. The SMILES string of the molecule is CNC(=O)c1ccc2nn(C(=O)Nc3ccc(-c4ccc(C)cc4SOOO)c(S(=O)(=O)O)c3)nc2c1. The number of hydrogen-bond acceptors (Lipinski definition) is 10. The van der Waals surface area contributed by atoms with Crippen LogP contribution in [0.3, 0.4) is 0 Å². The lowest BCUT2D eigenvalue weighted by atomic mass is 10.0. The average Bonchev–Trinajstić information content (AvgIpc) is 3.30. The van der Waals surface area contributed by atoms with Crippen molar-refractivity contribution in [3.63, 3.8) is 0 Å². The van der Waals surface area contributed by atoms with Gasteiger partial charge in [-0.25, -0.2) is 10.1 Å². The normalized spacial score (nSPS) is 11.5. The van der Waals surface area contributed by atoms with Crippen molar-refractivity contribution >= 4 is 50.8 Å². The molecule has 37 heavy (non-hydrogen) atoms. The van der Waals surface area contributed by atoms with Gasteiger partial charge >= 0.3 is 6.03 Å². The molecule has 0 unspecified atom stereocenters. The van der Waals surface area contributed by atoms with Crippen LogP contribution in [0.25, 0.3) is 22.2 Å². The van der Waals surface area contributed by atoms with E-state index in [1.54, 1.807) is 25.1 Å². The van der Waals surface area contributed by atoms with Crippen molar-refractivity contribution in [3.05, 3.63) is 65.7 Å². The number of nitrogens with one attached hydrogen (secondary N) is 2. The second kappa shape index (κ2) is 10.6. The minimum Gasteiger partial charge on any atom is -0.355 e. The standard InChI is InChI=1S/C22H19N5O8S2/c1-12-3-6-15(19(9-12)36-35-34-30)16-7-5-14(11-20(16)37(31,32)33)24-22(29)27-25-17-8-4-13(21(28)23-2)10-18(17)26-27/h3-11,30H,1-2H3,(H,23,28)(H,24,29)(H,31,32,33). The lowest BCUT2D eigenvalue weighted by Gasteiger charge is -2.14. The van der Waals surface area contributed by atoms with Crippen molar-refractivity contribution in [1.29, 1.82) is 0 Å². The maximum atomic E-state index is 12.8. The van der Waals surface area contributed by atoms with Crippen LogP contribution in [-0.4, -0.2) is 52.2 Å². The lowest BCUT2D eigenvalue weighted by molar-refractivity contribution is -0.432. The molecule has 0 aliphatic heterocycles. The Hall–Kier alpha value is -3.86. The lowest BCUT2D eigenvalue weighted by Crippen LogP contribution is -2.22. The monoisotopic (exact) mass is 545 g/mol. The molecule has 0 aliphatic rings. The molecule has 192 valence electrons. The van der Waals surface area contributed by atoms with Crippen LogP contribution in [0.5, 0.6) is 0 Å². The molecule has 0 saturated carbocycles. The number of rotatable bonds is 7. The third-order valence-corrected chi connectivity index (χ3v) is 6.68. The summed E-state index contributed by atoms with van der Waals surface area (Å²) < 4.78 is 38.9. The second-order valence-corrected chi connectivity index (χ2v) is 9.75. The fourth-order valence-electron chi connectivity index (χ4n) is 3.47. The summed E-state index contributed by atoms with van der Waals surface area (Å²) in [6, 6.07) is 12.6. The molecule has 0 bridgehead atoms. The minimum atomic E-state index is -4.75. The summed E-state index contributed by atoms with van der Waals surface area (Å²) in [4.78, 5) is 25.3. The maximum Gasteiger partial charge on any atom is 0.363 e. The van der Waals surface area contributed by atoms with Gasteiger partial charge in [-0.1, -0.05) is 28.0 Å². The van der Waals surface area contributed by atoms with Gasteiger partial charge in [0.15, 0.2) is 0 Å². The first-order valence-corrected chi connectivity index (χ1v) is 12.6. The summed E-state index contributed by atoms with van der Waals surface area (Å²) >= 11 is 0.630. The van der Waals surface area contributed by atoms with Gasteiger partial charge in [-0.2, -0.15) is 8.42 Å². The van der Waals surface area contributed by atoms with E-state index in [0.29, 0.717) is 39.1 Å². The van der Waals surface area contributed by atoms with Crippen LogP contribution >= 0.6 is 12.0 Å². The highest BCUT2D eigenvalue weighted by Gasteiger charge is 2.21. The van der Waals surface area contributed by atoms with E-state index in [1.165, 1.54) is 37.4 Å². The highest BCUT2D eigenvalue weighted by Crippen LogP contribution is 2.37. The third-order valence-electron chi connectivity index (χ3n) is 5.14. The van der Waals surface area contributed by atoms with Gasteiger partial charge in [0.2, 0.25) is 0 Å². The van der Waals surface area contributed by atoms with Gasteiger partial charge in [-0.05, 0) is 54.4 Å². The topological polar surface area (TPSA) is 182 Å². The van der Waals surface area contributed by atoms with Crippen molar-refractivity contribution in [2.45, 2.75) is 16.7 Å². The first-order chi connectivity index (χ1) is 17.6. The molecule has 1 heterocycles. The van der Waals surface area contributed by atoms with E-state index in [0.717, 1.165) is 16.4 Å². The molecular weight excluding hydrogens is 526 g/mol. The molecular formula is C22H19N5O8S2. The van der Waals surface area contributed by atoms with Crippen LogP contribution in [0.15, 0.2) is 64.4 Å². The molecule has 0 spiro atoms. The van der Waals surface area contributed by atoms with Crippen LogP contribution in [-0.2, 0) is 19.5 Å². The molecule has 15 heteroatoms. The number of amides is 2. The van der Waals surface area contributed by atoms with Crippen LogP contribution < -0.4 is 10.6 Å². The fourth-order valence-corrected chi connectivity index (χ4v) is 4.81. The van der Waals surface area contributed by atoms with Crippen LogP contribution in [0.1, 0.15) is 15.9 Å². The van der Waals surface area contributed by atoms with Crippen LogP contribution in [0.2, 0.25) is 0 Å². The summed E-state index contributed by atoms with van der Waals surface area (Å²) in [5, 5.41) is 25.2. The molecule has 3 aromatic carbocycles. The van der Waals surface area contributed by atoms with Gasteiger partial charge in [0.1, 0.15) is 15.9 Å². The Morgan fingerprint density at radius 1 is 1.00 bits per heavy atom. The average molecular weight is 546 g/mol. The second-order valence-electron chi connectivity index (χ2n) is 7.61. The molecule has 4 aromatic rings. The number of carbonyl (C=O) groups excluding carboxylic acids is 2. The van der Waals surface area contributed by atoms with Crippen molar-refractivity contribution in [2.75, 3.05) is 12.4 Å². The zero-order valence-electron chi connectivity index (χ0n) is 19.2. The minimum absolute atomic E-state index is 0.0324. The Kier molecular flexibility index (Phi) is 7.53. The first-order valence-electron chi connectivity index (χ1n) is 10.4. The van der Waals surface area contributed by atoms with Crippen molar-refractivity contribution in [1.82, 2.24) is 20.3 Å². The number of nitrogens with zero attached hydrogens (tertiary/aromatic N) is 3. The maximum absolute atomic E-state index is 12.8. The van der Waals surface area contributed by atoms with E-state index in [9.17, 15) is 22.6 Å².